The Hall–Kier alpha value is -1.87. The molecule has 0 bridgehead atoms. The maximum Gasteiger partial charge on any atom is 0.241 e. The fraction of sp³-hybridized carbons (Fsp3) is 0.312. The van der Waals surface area contributed by atoms with Crippen molar-refractivity contribution in [2.24, 2.45) is 5.84 Å². The molecule has 2 N–H and O–H groups in total. The van der Waals surface area contributed by atoms with Crippen molar-refractivity contribution in [1.29, 1.82) is 0 Å². The van der Waals surface area contributed by atoms with Crippen molar-refractivity contribution in [2.75, 3.05) is 5.01 Å². The molecule has 1 heterocycles. The predicted molar refractivity (Wildman–Crippen MR) is 78.8 cm³/mol. The van der Waals surface area contributed by atoms with Crippen LogP contribution in [0.25, 0.3) is 0 Å². The van der Waals surface area contributed by atoms with E-state index in [2.05, 4.69) is 19.2 Å². The average molecular weight is 256 g/mol. The Kier molecular flexibility index (Phi) is 4.17. The van der Waals surface area contributed by atoms with Crippen molar-refractivity contribution in [2.45, 2.75) is 31.6 Å². The molecule has 19 heavy (non-hydrogen) atoms. The lowest BCUT2D eigenvalue weighted by molar-refractivity contribution is -0.118. The van der Waals surface area contributed by atoms with Crippen LogP contribution < -0.4 is 10.9 Å². The molecule has 0 aromatic heterocycles. The van der Waals surface area contributed by atoms with Crippen LogP contribution in [0.3, 0.4) is 0 Å². The van der Waals surface area contributed by atoms with Crippen LogP contribution in [-0.4, -0.2) is 5.91 Å². The Morgan fingerprint density at radius 3 is 2.84 bits per heavy atom. The van der Waals surface area contributed by atoms with E-state index < -0.39 is 0 Å². The lowest BCUT2D eigenvalue weighted by atomic mass is 9.93. The summed E-state index contributed by atoms with van der Waals surface area (Å²) in [5.74, 6) is 6.11. The number of carbonyl (C=O) groups is 1. The van der Waals surface area contributed by atoms with Crippen LogP contribution in [0.15, 0.2) is 43.5 Å². The Morgan fingerprint density at radius 1 is 1.37 bits per heavy atom. The Bertz CT molecular complexity index is 507. The Labute approximate surface area is 114 Å². The minimum Gasteiger partial charge on any atom is -0.273 e. The minimum atomic E-state index is -0.0159. The van der Waals surface area contributed by atoms with Crippen molar-refractivity contribution in [3.05, 3.63) is 54.6 Å². The molecule has 1 atom stereocenters. The van der Waals surface area contributed by atoms with Crippen LogP contribution in [0, 0.1) is 0 Å². The Balaban J connectivity index is 2.37. The molecule has 1 aliphatic rings. The molecule has 0 fully saturated rings. The van der Waals surface area contributed by atoms with E-state index in [-0.39, 0.29) is 11.8 Å². The molecule has 1 aliphatic heterocycles. The maximum absolute atomic E-state index is 11.7. The summed E-state index contributed by atoms with van der Waals surface area (Å²) in [5, 5.41) is 1.28. The SMILES string of the molecule is C=CCC(C=C)c1ccc2c(c1)CCCC(=O)N2N. The Morgan fingerprint density at radius 2 is 2.16 bits per heavy atom. The van der Waals surface area contributed by atoms with E-state index in [0.717, 1.165) is 30.5 Å². The standard InChI is InChI=1S/C16H20N2O/c1-3-6-12(4-2)13-9-10-15-14(11-13)7-5-8-16(19)18(15)17/h3-4,9-12H,1-2,5-8,17H2. The normalized spacial score (nSPS) is 16.5. The van der Waals surface area contributed by atoms with E-state index in [1.54, 1.807) is 0 Å². The predicted octanol–water partition coefficient (Wildman–Crippen LogP) is 3.08. The molecule has 0 saturated carbocycles. The molecule has 2 rings (SSSR count). The highest BCUT2D eigenvalue weighted by molar-refractivity contribution is 5.93. The van der Waals surface area contributed by atoms with Gasteiger partial charge in [-0.1, -0.05) is 24.3 Å². The zero-order valence-electron chi connectivity index (χ0n) is 11.1. The van der Waals surface area contributed by atoms with Gasteiger partial charge in [0.05, 0.1) is 5.69 Å². The summed E-state index contributed by atoms with van der Waals surface area (Å²) < 4.78 is 0. The smallest absolute Gasteiger partial charge is 0.241 e. The fourth-order valence-corrected chi connectivity index (χ4v) is 2.50. The number of nitrogens with zero attached hydrogens (tertiary/aromatic N) is 1. The van der Waals surface area contributed by atoms with Crippen LogP contribution in [0.4, 0.5) is 5.69 Å². The van der Waals surface area contributed by atoms with Gasteiger partial charge < -0.3 is 0 Å². The van der Waals surface area contributed by atoms with Crippen molar-refractivity contribution in [1.82, 2.24) is 0 Å². The van der Waals surface area contributed by atoms with Crippen LogP contribution >= 0.6 is 0 Å². The first-order chi connectivity index (χ1) is 9.17. The van der Waals surface area contributed by atoms with Crippen LogP contribution in [0.2, 0.25) is 0 Å². The molecular weight excluding hydrogens is 236 g/mol. The van der Waals surface area contributed by atoms with Gasteiger partial charge in [-0.3, -0.25) is 4.79 Å². The molecule has 0 spiro atoms. The van der Waals surface area contributed by atoms with E-state index in [1.807, 2.05) is 24.3 Å². The number of benzene rings is 1. The monoisotopic (exact) mass is 256 g/mol. The highest BCUT2D eigenvalue weighted by atomic mass is 16.2. The number of hydrogen-bond donors (Lipinski definition) is 1. The van der Waals surface area contributed by atoms with E-state index in [0.29, 0.717) is 6.42 Å². The fourth-order valence-electron chi connectivity index (χ4n) is 2.50. The maximum atomic E-state index is 11.7. The highest BCUT2D eigenvalue weighted by Crippen LogP contribution is 2.30. The van der Waals surface area contributed by atoms with Gasteiger partial charge in [-0.15, -0.1) is 13.2 Å². The van der Waals surface area contributed by atoms with Gasteiger partial charge in [0.25, 0.3) is 0 Å². The third-order valence-electron chi connectivity index (χ3n) is 3.60. The van der Waals surface area contributed by atoms with E-state index >= 15 is 0 Å². The van der Waals surface area contributed by atoms with E-state index in [1.165, 1.54) is 10.6 Å². The van der Waals surface area contributed by atoms with Gasteiger partial charge in [0.1, 0.15) is 0 Å². The van der Waals surface area contributed by atoms with E-state index in [9.17, 15) is 4.79 Å². The summed E-state index contributed by atoms with van der Waals surface area (Å²) in [6.07, 6.45) is 6.96. The molecular formula is C16H20N2O. The summed E-state index contributed by atoms with van der Waals surface area (Å²) in [4.78, 5) is 11.7. The number of aryl methyl sites for hydroxylation is 1. The third-order valence-corrected chi connectivity index (χ3v) is 3.60. The second kappa shape index (κ2) is 5.85. The molecule has 0 radical (unpaired) electrons. The quantitative estimate of drug-likeness (QED) is 0.511. The van der Waals surface area contributed by atoms with Gasteiger partial charge in [0, 0.05) is 12.3 Å². The number of hydrazine groups is 1. The zero-order valence-corrected chi connectivity index (χ0v) is 11.1. The first kappa shape index (κ1) is 13.6. The summed E-state index contributed by atoms with van der Waals surface area (Å²) in [7, 11) is 0. The summed E-state index contributed by atoms with van der Waals surface area (Å²) in [6.45, 7) is 7.65. The number of amides is 1. The second-order valence-corrected chi connectivity index (χ2v) is 4.87. The van der Waals surface area contributed by atoms with Gasteiger partial charge in [-0.2, -0.15) is 0 Å². The van der Waals surface area contributed by atoms with Crippen LogP contribution in [0.1, 0.15) is 36.3 Å². The van der Waals surface area contributed by atoms with Gasteiger partial charge in [0.2, 0.25) is 5.91 Å². The first-order valence-corrected chi connectivity index (χ1v) is 6.61. The molecule has 0 aliphatic carbocycles. The lowest BCUT2D eigenvalue weighted by Crippen LogP contribution is -2.36. The van der Waals surface area contributed by atoms with Crippen molar-refractivity contribution < 1.29 is 4.79 Å². The first-order valence-electron chi connectivity index (χ1n) is 6.61. The van der Waals surface area contributed by atoms with E-state index in [4.69, 9.17) is 5.84 Å². The molecule has 100 valence electrons. The van der Waals surface area contributed by atoms with Crippen LogP contribution in [0.5, 0.6) is 0 Å². The molecule has 3 nitrogen and oxygen atoms in total. The average Bonchev–Trinajstić information content (AvgIpc) is 2.56. The van der Waals surface area contributed by atoms with Crippen molar-refractivity contribution in [3.63, 3.8) is 0 Å². The summed E-state index contributed by atoms with van der Waals surface area (Å²) in [5.41, 5.74) is 3.17. The largest absolute Gasteiger partial charge is 0.273 e. The number of fused-ring (bicyclic) bond motifs is 1. The molecule has 0 saturated heterocycles. The van der Waals surface area contributed by atoms with Crippen LogP contribution in [-0.2, 0) is 11.2 Å². The number of nitrogens with two attached hydrogens (primary N) is 1. The molecule has 1 aromatic carbocycles. The van der Waals surface area contributed by atoms with Gasteiger partial charge >= 0.3 is 0 Å². The second-order valence-electron chi connectivity index (χ2n) is 4.87. The molecule has 1 unspecified atom stereocenters. The number of rotatable bonds is 4. The zero-order chi connectivity index (χ0) is 13.8. The van der Waals surface area contributed by atoms with Gasteiger partial charge in [0.15, 0.2) is 0 Å². The molecule has 1 aromatic rings. The summed E-state index contributed by atoms with van der Waals surface area (Å²) in [6, 6.07) is 6.10. The summed E-state index contributed by atoms with van der Waals surface area (Å²) >= 11 is 0. The van der Waals surface area contributed by atoms with Crippen molar-refractivity contribution >= 4 is 11.6 Å². The third kappa shape index (κ3) is 2.76. The molecule has 1 amide bonds. The van der Waals surface area contributed by atoms with Crippen molar-refractivity contribution in [3.8, 4) is 0 Å². The molecule has 3 heteroatoms. The number of hydrogen-bond acceptors (Lipinski definition) is 2. The number of carbonyl (C=O) groups excluding carboxylic acids is 1. The van der Waals surface area contributed by atoms with Gasteiger partial charge in [-0.05, 0) is 36.5 Å². The topological polar surface area (TPSA) is 46.3 Å². The number of allylic oxidation sites excluding steroid dienone is 2. The number of anilines is 1. The highest BCUT2D eigenvalue weighted by Gasteiger charge is 2.20. The van der Waals surface area contributed by atoms with Gasteiger partial charge in [-0.25, -0.2) is 10.9 Å². The minimum absolute atomic E-state index is 0.0159. The lowest BCUT2D eigenvalue weighted by Gasteiger charge is -2.19.